The van der Waals surface area contributed by atoms with Crippen molar-refractivity contribution >= 4 is 5.97 Å². The van der Waals surface area contributed by atoms with Gasteiger partial charge < -0.3 is 14.2 Å². The van der Waals surface area contributed by atoms with Gasteiger partial charge in [-0.05, 0) is 35.4 Å². The highest BCUT2D eigenvalue weighted by molar-refractivity contribution is 5.89. The lowest BCUT2D eigenvalue weighted by Crippen LogP contribution is -2.42. The third kappa shape index (κ3) is 4.84. The number of esters is 1. The highest BCUT2D eigenvalue weighted by Gasteiger charge is 2.21. The molecule has 138 valence electrons. The lowest BCUT2D eigenvalue weighted by molar-refractivity contribution is -0.0305. The summed E-state index contributed by atoms with van der Waals surface area (Å²) in [5, 5.41) is 0. The summed E-state index contributed by atoms with van der Waals surface area (Å²) >= 11 is 0. The Hall–Kier alpha value is -2.37. The minimum absolute atomic E-state index is 0.171. The van der Waals surface area contributed by atoms with Crippen molar-refractivity contribution in [3.05, 3.63) is 65.2 Å². The summed E-state index contributed by atoms with van der Waals surface area (Å²) in [6.45, 7) is 3.37. The highest BCUT2D eigenvalue weighted by Crippen LogP contribution is 2.18. The first-order valence-electron chi connectivity index (χ1n) is 8.82. The van der Waals surface area contributed by atoms with Crippen LogP contribution in [0.25, 0.3) is 0 Å². The van der Waals surface area contributed by atoms with Crippen molar-refractivity contribution in [3.8, 4) is 5.75 Å². The molecule has 1 atom stereocenters. The lowest BCUT2D eigenvalue weighted by atomic mass is 10.1. The molecule has 0 amide bonds. The van der Waals surface area contributed by atoms with Gasteiger partial charge in [-0.2, -0.15) is 0 Å². The fourth-order valence-corrected chi connectivity index (χ4v) is 3.23. The Morgan fingerprint density at radius 1 is 1.15 bits per heavy atom. The predicted octanol–water partition coefficient (Wildman–Crippen LogP) is 2.93. The second-order valence-electron chi connectivity index (χ2n) is 6.47. The second-order valence-corrected chi connectivity index (χ2v) is 6.47. The molecule has 5 heteroatoms. The molecule has 0 radical (unpaired) electrons. The summed E-state index contributed by atoms with van der Waals surface area (Å²) in [6, 6.07) is 15.7. The van der Waals surface area contributed by atoms with Gasteiger partial charge in [-0.1, -0.05) is 24.3 Å². The van der Waals surface area contributed by atoms with E-state index in [-0.39, 0.29) is 12.1 Å². The van der Waals surface area contributed by atoms with Crippen LogP contribution < -0.4 is 4.74 Å². The number of morpholine rings is 1. The van der Waals surface area contributed by atoms with E-state index < -0.39 is 0 Å². The molecule has 0 N–H and O–H groups in total. The topological polar surface area (TPSA) is 48.0 Å². The van der Waals surface area contributed by atoms with E-state index >= 15 is 0 Å². The number of hydrogen-bond acceptors (Lipinski definition) is 5. The molecule has 2 aromatic carbocycles. The largest absolute Gasteiger partial charge is 0.497 e. The number of hydrogen-bond donors (Lipinski definition) is 0. The molecule has 0 aliphatic carbocycles. The van der Waals surface area contributed by atoms with Gasteiger partial charge in [-0.15, -0.1) is 0 Å². The van der Waals surface area contributed by atoms with Gasteiger partial charge in [0.2, 0.25) is 0 Å². The standard InChI is InChI=1S/C21H25NO4/c1-24-19-5-3-4-17(12-19)13-20-15-22(10-11-26-20)14-16-6-8-18(9-7-16)21(23)25-2/h3-9,12,20H,10-11,13-15H2,1-2H3/t20-/m0/s1. The van der Waals surface area contributed by atoms with E-state index in [1.165, 1.54) is 18.2 Å². The van der Waals surface area contributed by atoms with Gasteiger partial charge in [0.05, 0.1) is 32.5 Å². The summed E-state index contributed by atoms with van der Waals surface area (Å²) in [7, 11) is 3.08. The molecular weight excluding hydrogens is 330 g/mol. The zero-order chi connectivity index (χ0) is 18.4. The van der Waals surface area contributed by atoms with Crippen LogP contribution in [0.15, 0.2) is 48.5 Å². The van der Waals surface area contributed by atoms with Crippen LogP contribution in [0.2, 0.25) is 0 Å². The number of nitrogens with zero attached hydrogens (tertiary/aromatic N) is 1. The lowest BCUT2D eigenvalue weighted by Gasteiger charge is -2.33. The molecule has 1 heterocycles. The first kappa shape index (κ1) is 18.4. The molecular formula is C21H25NO4. The molecule has 26 heavy (non-hydrogen) atoms. The van der Waals surface area contributed by atoms with Crippen molar-refractivity contribution in [2.24, 2.45) is 0 Å². The van der Waals surface area contributed by atoms with Crippen LogP contribution in [0.1, 0.15) is 21.5 Å². The molecule has 5 nitrogen and oxygen atoms in total. The fraction of sp³-hybridized carbons (Fsp3) is 0.381. The van der Waals surface area contributed by atoms with E-state index in [4.69, 9.17) is 14.2 Å². The van der Waals surface area contributed by atoms with Crippen LogP contribution in [0.4, 0.5) is 0 Å². The number of methoxy groups -OCH3 is 2. The Kier molecular flexibility index (Phi) is 6.26. The number of carbonyl (C=O) groups is 1. The maximum absolute atomic E-state index is 11.5. The number of rotatable bonds is 6. The smallest absolute Gasteiger partial charge is 0.337 e. The Labute approximate surface area is 154 Å². The van der Waals surface area contributed by atoms with E-state index in [2.05, 4.69) is 17.0 Å². The van der Waals surface area contributed by atoms with Crippen LogP contribution in [0, 0.1) is 0 Å². The van der Waals surface area contributed by atoms with Crippen molar-refractivity contribution in [1.29, 1.82) is 0 Å². The predicted molar refractivity (Wildman–Crippen MR) is 99.5 cm³/mol. The number of ether oxygens (including phenoxy) is 3. The van der Waals surface area contributed by atoms with Crippen molar-refractivity contribution in [2.45, 2.75) is 19.1 Å². The first-order chi connectivity index (χ1) is 12.7. The van der Waals surface area contributed by atoms with Gasteiger partial charge in [0.1, 0.15) is 5.75 Å². The zero-order valence-electron chi connectivity index (χ0n) is 15.3. The maximum atomic E-state index is 11.5. The number of carbonyl (C=O) groups excluding carboxylic acids is 1. The van der Waals surface area contributed by atoms with E-state index in [0.29, 0.717) is 5.56 Å². The summed E-state index contributed by atoms with van der Waals surface area (Å²) in [6.07, 6.45) is 1.04. The Bertz CT molecular complexity index is 729. The Morgan fingerprint density at radius 3 is 2.69 bits per heavy atom. The maximum Gasteiger partial charge on any atom is 0.337 e. The van der Waals surface area contributed by atoms with Gasteiger partial charge in [-0.3, -0.25) is 4.90 Å². The van der Waals surface area contributed by atoms with Crippen molar-refractivity contribution in [2.75, 3.05) is 33.9 Å². The summed E-state index contributed by atoms with van der Waals surface area (Å²) in [5.74, 6) is 0.571. The molecule has 0 spiro atoms. The van der Waals surface area contributed by atoms with Crippen molar-refractivity contribution < 1.29 is 19.0 Å². The van der Waals surface area contributed by atoms with Crippen LogP contribution in [0.5, 0.6) is 5.75 Å². The summed E-state index contributed by atoms with van der Waals surface area (Å²) < 4.78 is 16.0. The normalized spacial score (nSPS) is 17.7. The van der Waals surface area contributed by atoms with E-state index in [1.54, 1.807) is 7.11 Å². The molecule has 0 unspecified atom stereocenters. The van der Waals surface area contributed by atoms with Gasteiger partial charge in [-0.25, -0.2) is 4.79 Å². The monoisotopic (exact) mass is 355 g/mol. The third-order valence-electron chi connectivity index (χ3n) is 4.60. The first-order valence-corrected chi connectivity index (χ1v) is 8.82. The van der Waals surface area contributed by atoms with Gasteiger partial charge in [0.25, 0.3) is 0 Å². The average molecular weight is 355 g/mol. The summed E-state index contributed by atoms with van der Waals surface area (Å²) in [4.78, 5) is 13.9. The SMILES string of the molecule is COC(=O)c1ccc(CN2CCO[C@@H](Cc3cccc(OC)c3)C2)cc1. The quantitative estimate of drug-likeness (QED) is 0.746. The molecule has 0 saturated carbocycles. The molecule has 0 bridgehead atoms. The molecule has 2 aromatic rings. The second kappa shape index (κ2) is 8.83. The van der Waals surface area contributed by atoms with Gasteiger partial charge in [0, 0.05) is 26.1 Å². The van der Waals surface area contributed by atoms with E-state index in [0.717, 1.165) is 38.4 Å². The molecule has 3 rings (SSSR count). The average Bonchev–Trinajstić information content (AvgIpc) is 2.68. The van der Waals surface area contributed by atoms with Crippen LogP contribution in [-0.2, 0) is 22.4 Å². The third-order valence-corrected chi connectivity index (χ3v) is 4.60. The number of benzene rings is 2. The minimum atomic E-state index is -0.304. The van der Waals surface area contributed by atoms with Gasteiger partial charge >= 0.3 is 5.97 Å². The minimum Gasteiger partial charge on any atom is -0.497 e. The van der Waals surface area contributed by atoms with Crippen molar-refractivity contribution in [1.82, 2.24) is 4.90 Å². The van der Waals surface area contributed by atoms with E-state index in [1.807, 2.05) is 36.4 Å². The Morgan fingerprint density at radius 2 is 1.96 bits per heavy atom. The fourth-order valence-electron chi connectivity index (χ4n) is 3.23. The van der Waals surface area contributed by atoms with Crippen LogP contribution in [-0.4, -0.2) is 50.9 Å². The molecule has 1 saturated heterocycles. The highest BCUT2D eigenvalue weighted by atomic mass is 16.5. The molecule has 1 aliphatic heterocycles. The van der Waals surface area contributed by atoms with Crippen LogP contribution >= 0.6 is 0 Å². The summed E-state index contributed by atoms with van der Waals surface area (Å²) in [5.41, 5.74) is 2.98. The molecule has 1 fully saturated rings. The molecule has 1 aliphatic rings. The Balaban J connectivity index is 1.57. The van der Waals surface area contributed by atoms with Gasteiger partial charge in [0.15, 0.2) is 0 Å². The van der Waals surface area contributed by atoms with Crippen molar-refractivity contribution in [3.63, 3.8) is 0 Å². The van der Waals surface area contributed by atoms with Crippen LogP contribution in [0.3, 0.4) is 0 Å². The molecule has 0 aromatic heterocycles. The zero-order valence-corrected chi connectivity index (χ0v) is 15.3. The van der Waals surface area contributed by atoms with E-state index in [9.17, 15) is 4.79 Å².